The standard InChI is InChI=1S/C28H26N2O3S/c1-32-26-12-9-22(10-13-26)19-34-20-28(31)30-29-17-21-7-14-27(15-8-21)33-18-23-6-11-24-4-2-3-5-25(24)16-23/h2-17H,18-20H2,1H3,(H,30,31)/b29-17+. The number of benzene rings is 4. The van der Waals surface area contributed by atoms with Crippen molar-refractivity contribution in [1.29, 1.82) is 0 Å². The van der Waals surface area contributed by atoms with Crippen LogP contribution in [0.25, 0.3) is 10.8 Å². The molecule has 0 aromatic heterocycles. The number of fused-ring (bicyclic) bond motifs is 1. The molecular formula is C28H26N2O3S. The first-order valence-electron chi connectivity index (χ1n) is 10.9. The number of carbonyl (C=O) groups is 1. The van der Waals surface area contributed by atoms with Crippen LogP contribution in [0, 0.1) is 0 Å². The zero-order valence-corrected chi connectivity index (χ0v) is 19.8. The van der Waals surface area contributed by atoms with Gasteiger partial charge in [-0.15, -0.1) is 11.8 Å². The summed E-state index contributed by atoms with van der Waals surface area (Å²) in [5, 5.41) is 6.47. The van der Waals surface area contributed by atoms with Gasteiger partial charge in [0.2, 0.25) is 5.91 Å². The van der Waals surface area contributed by atoms with Gasteiger partial charge in [-0.1, -0.05) is 48.5 Å². The highest BCUT2D eigenvalue weighted by molar-refractivity contribution is 7.99. The molecule has 172 valence electrons. The minimum Gasteiger partial charge on any atom is -0.497 e. The number of carbonyl (C=O) groups excluding carboxylic acids is 1. The second kappa shape index (κ2) is 11.9. The van der Waals surface area contributed by atoms with Crippen molar-refractivity contribution in [1.82, 2.24) is 5.43 Å². The molecule has 0 atom stereocenters. The quantitative estimate of drug-likeness (QED) is 0.235. The Labute approximate surface area is 203 Å². The monoisotopic (exact) mass is 470 g/mol. The summed E-state index contributed by atoms with van der Waals surface area (Å²) in [6.07, 6.45) is 1.62. The highest BCUT2D eigenvalue weighted by Gasteiger charge is 2.02. The van der Waals surface area contributed by atoms with E-state index in [0.717, 1.165) is 33.9 Å². The van der Waals surface area contributed by atoms with Crippen LogP contribution in [0.3, 0.4) is 0 Å². The zero-order valence-electron chi connectivity index (χ0n) is 18.9. The Bertz CT molecular complexity index is 1250. The van der Waals surface area contributed by atoms with Gasteiger partial charge in [-0.2, -0.15) is 5.10 Å². The summed E-state index contributed by atoms with van der Waals surface area (Å²) in [5.41, 5.74) is 5.71. The van der Waals surface area contributed by atoms with Gasteiger partial charge in [0.25, 0.3) is 0 Å². The third-order valence-corrected chi connectivity index (χ3v) is 6.17. The lowest BCUT2D eigenvalue weighted by molar-refractivity contribution is -0.118. The molecule has 0 saturated heterocycles. The first kappa shape index (κ1) is 23.4. The van der Waals surface area contributed by atoms with Crippen LogP contribution in [0.2, 0.25) is 0 Å². The maximum absolute atomic E-state index is 12.0. The van der Waals surface area contributed by atoms with Crippen molar-refractivity contribution in [3.05, 3.63) is 108 Å². The molecule has 5 nitrogen and oxygen atoms in total. The number of methoxy groups -OCH3 is 1. The third kappa shape index (κ3) is 6.86. The van der Waals surface area contributed by atoms with E-state index in [-0.39, 0.29) is 5.91 Å². The van der Waals surface area contributed by atoms with E-state index in [4.69, 9.17) is 9.47 Å². The van der Waals surface area contributed by atoms with Crippen molar-refractivity contribution < 1.29 is 14.3 Å². The molecule has 0 aliphatic rings. The van der Waals surface area contributed by atoms with Gasteiger partial charge >= 0.3 is 0 Å². The van der Waals surface area contributed by atoms with Crippen molar-refractivity contribution in [2.24, 2.45) is 5.10 Å². The molecule has 1 amide bonds. The summed E-state index contributed by atoms with van der Waals surface area (Å²) in [6, 6.07) is 30.1. The van der Waals surface area contributed by atoms with E-state index in [1.54, 1.807) is 13.3 Å². The first-order valence-corrected chi connectivity index (χ1v) is 12.1. The van der Waals surface area contributed by atoms with E-state index in [9.17, 15) is 4.79 Å². The van der Waals surface area contributed by atoms with Gasteiger partial charge in [-0.3, -0.25) is 4.79 Å². The normalized spacial score (nSPS) is 11.0. The SMILES string of the molecule is COc1ccc(CSCC(=O)N/N=C/c2ccc(OCc3ccc4ccccc4c3)cc2)cc1. The van der Waals surface area contributed by atoms with Gasteiger partial charge in [-0.25, -0.2) is 5.43 Å². The molecule has 34 heavy (non-hydrogen) atoms. The molecule has 0 saturated carbocycles. The number of amides is 1. The summed E-state index contributed by atoms with van der Waals surface area (Å²) in [6.45, 7) is 0.502. The lowest BCUT2D eigenvalue weighted by atomic mass is 10.1. The van der Waals surface area contributed by atoms with Crippen LogP contribution in [-0.4, -0.2) is 25.0 Å². The second-order valence-electron chi connectivity index (χ2n) is 7.67. The van der Waals surface area contributed by atoms with Gasteiger partial charge in [0.05, 0.1) is 19.1 Å². The number of thioether (sulfide) groups is 1. The molecule has 0 aliphatic heterocycles. The number of hydrazone groups is 1. The molecule has 0 bridgehead atoms. The fourth-order valence-corrected chi connectivity index (χ4v) is 4.12. The third-order valence-electron chi connectivity index (χ3n) is 5.16. The molecule has 0 radical (unpaired) electrons. The average molecular weight is 471 g/mol. The molecule has 0 aliphatic carbocycles. The number of ether oxygens (including phenoxy) is 2. The van der Waals surface area contributed by atoms with Crippen LogP contribution in [0.5, 0.6) is 11.5 Å². The molecule has 4 aromatic rings. The smallest absolute Gasteiger partial charge is 0.250 e. The highest BCUT2D eigenvalue weighted by Crippen LogP contribution is 2.19. The van der Waals surface area contributed by atoms with Gasteiger partial charge in [0.15, 0.2) is 0 Å². The number of rotatable bonds is 10. The lowest BCUT2D eigenvalue weighted by Gasteiger charge is -2.07. The Morgan fingerprint density at radius 1 is 0.882 bits per heavy atom. The molecule has 0 spiro atoms. The number of hydrogen-bond acceptors (Lipinski definition) is 5. The molecule has 0 fully saturated rings. The van der Waals surface area contributed by atoms with Crippen molar-refractivity contribution in [3.8, 4) is 11.5 Å². The van der Waals surface area contributed by atoms with Crippen LogP contribution in [0.1, 0.15) is 16.7 Å². The predicted molar refractivity (Wildman–Crippen MR) is 140 cm³/mol. The first-order chi connectivity index (χ1) is 16.7. The van der Waals surface area contributed by atoms with E-state index in [2.05, 4.69) is 40.9 Å². The van der Waals surface area contributed by atoms with E-state index in [1.807, 2.05) is 60.7 Å². The average Bonchev–Trinajstić information content (AvgIpc) is 2.88. The fraction of sp³-hybridized carbons (Fsp3) is 0.143. The highest BCUT2D eigenvalue weighted by atomic mass is 32.2. The summed E-state index contributed by atoms with van der Waals surface area (Å²) < 4.78 is 11.1. The van der Waals surface area contributed by atoms with Crippen LogP contribution in [0.4, 0.5) is 0 Å². The van der Waals surface area contributed by atoms with Crippen molar-refractivity contribution in [2.45, 2.75) is 12.4 Å². The van der Waals surface area contributed by atoms with Crippen LogP contribution < -0.4 is 14.9 Å². The molecular weight excluding hydrogens is 444 g/mol. The number of nitrogens with zero attached hydrogens (tertiary/aromatic N) is 1. The number of hydrogen-bond donors (Lipinski definition) is 1. The van der Waals surface area contributed by atoms with Gasteiger partial charge < -0.3 is 9.47 Å². The minimum atomic E-state index is -0.134. The van der Waals surface area contributed by atoms with Gasteiger partial charge in [0, 0.05) is 5.75 Å². The molecule has 1 N–H and O–H groups in total. The maximum Gasteiger partial charge on any atom is 0.250 e. The second-order valence-corrected chi connectivity index (χ2v) is 8.66. The van der Waals surface area contributed by atoms with Crippen LogP contribution in [0.15, 0.2) is 96.1 Å². The van der Waals surface area contributed by atoms with E-state index in [1.165, 1.54) is 22.5 Å². The van der Waals surface area contributed by atoms with Crippen molar-refractivity contribution in [3.63, 3.8) is 0 Å². The Hall–Kier alpha value is -3.77. The fourth-order valence-electron chi connectivity index (χ4n) is 3.34. The summed E-state index contributed by atoms with van der Waals surface area (Å²) in [4.78, 5) is 12.0. The lowest BCUT2D eigenvalue weighted by Crippen LogP contribution is -2.19. The van der Waals surface area contributed by atoms with Crippen molar-refractivity contribution >= 4 is 34.7 Å². The van der Waals surface area contributed by atoms with Crippen LogP contribution >= 0.6 is 11.8 Å². The zero-order chi connectivity index (χ0) is 23.6. The molecule has 4 rings (SSSR count). The van der Waals surface area contributed by atoms with E-state index >= 15 is 0 Å². The molecule has 0 unspecified atom stereocenters. The van der Waals surface area contributed by atoms with Gasteiger partial charge in [-0.05, 0) is 69.9 Å². The summed E-state index contributed by atoms with van der Waals surface area (Å²) >= 11 is 1.54. The maximum atomic E-state index is 12.0. The van der Waals surface area contributed by atoms with Gasteiger partial charge in [0.1, 0.15) is 18.1 Å². The molecule has 4 aromatic carbocycles. The van der Waals surface area contributed by atoms with E-state index in [0.29, 0.717) is 12.4 Å². The Balaban J connectivity index is 1.18. The van der Waals surface area contributed by atoms with E-state index < -0.39 is 0 Å². The topological polar surface area (TPSA) is 59.9 Å². The Morgan fingerprint density at radius 3 is 2.35 bits per heavy atom. The summed E-state index contributed by atoms with van der Waals surface area (Å²) in [5.74, 6) is 2.56. The molecule has 6 heteroatoms. The minimum absolute atomic E-state index is 0.134. The largest absolute Gasteiger partial charge is 0.497 e. The predicted octanol–water partition coefficient (Wildman–Crippen LogP) is 5.81. The number of nitrogens with one attached hydrogen (secondary N) is 1. The molecule has 0 heterocycles. The Morgan fingerprint density at radius 2 is 1.59 bits per heavy atom. The van der Waals surface area contributed by atoms with Crippen LogP contribution in [-0.2, 0) is 17.2 Å². The van der Waals surface area contributed by atoms with Crippen molar-refractivity contribution in [2.75, 3.05) is 12.9 Å². The summed E-state index contributed by atoms with van der Waals surface area (Å²) in [7, 11) is 1.64. The Kier molecular flexibility index (Phi) is 8.19.